The Morgan fingerprint density at radius 1 is 0.897 bits per heavy atom. The third kappa shape index (κ3) is 6.21. The van der Waals surface area contributed by atoms with Crippen LogP contribution in [0.4, 0.5) is 18.9 Å². The fourth-order valence-corrected chi connectivity index (χ4v) is 2.95. The lowest BCUT2D eigenvalue weighted by atomic mass is 10.2. The van der Waals surface area contributed by atoms with Crippen LogP contribution in [0.25, 0.3) is 0 Å². The number of piperazine rings is 1. The van der Waals surface area contributed by atoms with Gasteiger partial charge in [-0.25, -0.2) is 13.2 Å². The Morgan fingerprint density at radius 3 is 2.14 bits per heavy atom. The fourth-order valence-electron chi connectivity index (χ4n) is 2.95. The van der Waals surface area contributed by atoms with Gasteiger partial charge >= 0.3 is 0 Å². The van der Waals surface area contributed by atoms with E-state index in [1.807, 2.05) is 4.90 Å². The van der Waals surface area contributed by atoms with E-state index in [2.05, 4.69) is 5.32 Å². The van der Waals surface area contributed by atoms with Crippen molar-refractivity contribution in [3.8, 4) is 5.75 Å². The molecule has 0 spiro atoms. The van der Waals surface area contributed by atoms with Gasteiger partial charge in [0.2, 0.25) is 5.91 Å². The van der Waals surface area contributed by atoms with Crippen molar-refractivity contribution in [3.05, 3.63) is 59.9 Å². The number of carbonyl (C=O) groups is 2. The molecular formula is C20H20F3N3O3. The van der Waals surface area contributed by atoms with Crippen LogP contribution in [0.2, 0.25) is 0 Å². The maximum absolute atomic E-state index is 13.2. The van der Waals surface area contributed by atoms with Crippen molar-refractivity contribution in [2.75, 3.05) is 44.6 Å². The van der Waals surface area contributed by atoms with Gasteiger partial charge in [0, 0.05) is 37.9 Å². The highest BCUT2D eigenvalue weighted by Crippen LogP contribution is 2.14. The average molecular weight is 407 g/mol. The summed E-state index contributed by atoms with van der Waals surface area (Å²) in [6.07, 6.45) is 0. The van der Waals surface area contributed by atoms with E-state index >= 15 is 0 Å². The van der Waals surface area contributed by atoms with E-state index in [1.165, 1.54) is 24.3 Å². The molecule has 6 nitrogen and oxygen atoms in total. The molecule has 0 aromatic heterocycles. The Morgan fingerprint density at radius 2 is 1.52 bits per heavy atom. The average Bonchev–Trinajstić information content (AvgIpc) is 2.67. The second-order valence-corrected chi connectivity index (χ2v) is 6.61. The molecule has 29 heavy (non-hydrogen) atoms. The van der Waals surface area contributed by atoms with Crippen LogP contribution in [0.5, 0.6) is 5.75 Å². The van der Waals surface area contributed by atoms with Gasteiger partial charge in [0.1, 0.15) is 23.2 Å². The van der Waals surface area contributed by atoms with Crippen LogP contribution >= 0.6 is 0 Å². The zero-order valence-corrected chi connectivity index (χ0v) is 15.5. The quantitative estimate of drug-likeness (QED) is 0.798. The van der Waals surface area contributed by atoms with Gasteiger partial charge in [-0.05, 0) is 36.4 Å². The summed E-state index contributed by atoms with van der Waals surface area (Å²) >= 11 is 0. The highest BCUT2D eigenvalue weighted by molar-refractivity contribution is 5.92. The fraction of sp³-hybridized carbons (Fsp3) is 0.300. The first kappa shape index (κ1) is 20.7. The summed E-state index contributed by atoms with van der Waals surface area (Å²) in [5.41, 5.74) is 0.0549. The second-order valence-electron chi connectivity index (χ2n) is 6.61. The van der Waals surface area contributed by atoms with Crippen LogP contribution in [0.1, 0.15) is 0 Å². The Kier molecular flexibility index (Phi) is 6.71. The summed E-state index contributed by atoms with van der Waals surface area (Å²) in [6.45, 7) is 1.70. The molecule has 1 fully saturated rings. The van der Waals surface area contributed by atoms with Crippen LogP contribution in [0.3, 0.4) is 0 Å². The van der Waals surface area contributed by atoms with E-state index in [9.17, 15) is 22.8 Å². The van der Waals surface area contributed by atoms with Gasteiger partial charge in [0.05, 0.1) is 6.54 Å². The largest absolute Gasteiger partial charge is 0.484 e. The smallest absolute Gasteiger partial charge is 0.260 e. The van der Waals surface area contributed by atoms with Crippen molar-refractivity contribution in [2.24, 2.45) is 0 Å². The molecule has 3 rings (SSSR count). The Balaban J connectivity index is 1.40. The normalized spacial score (nSPS) is 14.5. The molecular weight excluding hydrogens is 387 g/mol. The van der Waals surface area contributed by atoms with Crippen molar-refractivity contribution in [2.45, 2.75) is 0 Å². The summed E-state index contributed by atoms with van der Waals surface area (Å²) in [5, 5.41) is 2.46. The van der Waals surface area contributed by atoms with E-state index in [0.717, 1.165) is 18.2 Å². The third-order valence-corrected chi connectivity index (χ3v) is 4.41. The van der Waals surface area contributed by atoms with E-state index in [1.54, 1.807) is 4.90 Å². The first-order chi connectivity index (χ1) is 13.9. The number of nitrogens with zero attached hydrogens (tertiary/aromatic N) is 2. The number of ether oxygens (including phenoxy) is 1. The maximum atomic E-state index is 13.2. The maximum Gasteiger partial charge on any atom is 0.260 e. The molecule has 0 unspecified atom stereocenters. The summed E-state index contributed by atoms with van der Waals surface area (Å²) in [5.74, 6) is -2.11. The molecule has 1 aliphatic rings. The van der Waals surface area contributed by atoms with Crippen molar-refractivity contribution >= 4 is 17.5 Å². The molecule has 0 radical (unpaired) electrons. The first-order valence-corrected chi connectivity index (χ1v) is 9.03. The molecule has 1 heterocycles. The lowest BCUT2D eigenvalue weighted by Gasteiger charge is -2.34. The monoisotopic (exact) mass is 407 g/mol. The SMILES string of the molecule is O=C(CN1CCN(C(=O)COc2ccc(F)cc2)CC1)Nc1cc(F)cc(F)c1. The minimum absolute atomic E-state index is 0.0479. The highest BCUT2D eigenvalue weighted by atomic mass is 19.1. The lowest BCUT2D eigenvalue weighted by Crippen LogP contribution is -2.51. The molecule has 9 heteroatoms. The van der Waals surface area contributed by atoms with Crippen LogP contribution < -0.4 is 10.1 Å². The second kappa shape index (κ2) is 9.42. The van der Waals surface area contributed by atoms with Crippen molar-refractivity contribution in [1.82, 2.24) is 9.80 Å². The van der Waals surface area contributed by atoms with Crippen LogP contribution in [0.15, 0.2) is 42.5 Å². The lowest BCUT2D eigenvalue weighted by molar-refractivity contribution is -0.135. The molecule has 1 N–H and O–H groups in total. The molecule has 1 saturated heterocycles. The minimum Gasteiger partial charge on any atom is -0.484 e. The van der Waals surface area contributed by atoms with Gasteiger partial charge in [-0.1, -0.05) is 0 Å². The number of anilines is 1. The third-order valence-electron chi connectivity index (χ3n) is 4.41. The molecule has 0 atom stereocenters. The van der Waals surface area contributed by atoms with Crippen LogP contribution in [-0.4, -0.2) is 60.9 Å². The van der Waals surface area contributed by atoms with Crippen molar-refractivity contribution in [3.63, 3.8) is 0 Å². The number of carbonyl (C=O) groups excluding carboxylic acids is 2. The number of hydrogen-bond donors (Lipinski definition) is 1. The zero-order chi connectivity index (χ0) is 20.8. The summed E-state index contributed by atoms with van der Waals surface area (Å²) < 4.78 is 44.6. The molecule has 2 aromatic carbocycles. The van der Waals surface area contributed by atoms with E-state index in [4.69, 9.17) is 4.74 Å². The molecule has 2 aromatic rings. The molecule has 0 aliphatic carbocycles. The van der Waals surface area contributed by atoms with Gasteiger partial charge in [0.15, 0.2) is 6.61 Å². The number of rotatable bonds is 6. The number of hydrogen-bond acceptors (Lipinski definition) is 4. The Hall–Kier alpha value is -3.07. The number of benzene rings is 2. The molecule has 1 aliphatic heterocycles. The van der Waals surface area contributed by atoms with E-state index in [-0.39, 0.29) is 30.6 Å². The Bertz CT molecular complexity index is 849. The van der Waals surface area contributed by atoms with Gasteiger partial charge in [-0.3, -0.25) is 14.5 Å². The first-order valence-electron chi connectivity index (χ1n) is 9.03. The number of amides is 2. The summed E-state index contributed by atoms with van der Waals surface area (Å²) in [6, 6.07) is 8.21. The number of halogens is 3. The van der Waals surface area contributed by atoms with E-state index < -0.39 is 17.5 Å². The summed E-state index contributed by atoms with van der Waals surface area (Å²) in [7, 11) is 0. The molecule has 2 amide bonds. The topological polar surface area (TPSA) is 61.9 Å². The van der Waals surface area contributed by atoms with Gasteiger partial charge < -0.3 is 15.0 Å². The van der Waals surface area contributed by atoms with E-state index in [0.29, 0.717) is 31.9 Å². The summed E-state index contributed by atoms with van der Waals surface area (Å²) in [4.78, 5) is 27.8. The zero-order valence-electron chi connectivity index (χ0n) is 15.5. The Labute approximate surface area is 165 Å². The number of nitrogens with one attached hydrogen (secondary N) is 1. The minimum atomic E-state index is -0.768. The predicted octanol–water partition coefficient (Wildman–Crippen LogP) is 2.27. The van der Waals surface area contributed by atoms with Crippen LogP contribution in [-0.2, 0) is 9.59 Å². The molecule has 0 saturated carbocycles. The van der Waals surface area contributed by atoms with Gasteiger partial charge in [-0.2, -0.15) is 0 Å². The highest BCUT2D eigenvalue weighted by Gasteiger charge is 2.22. The van der Waals surface area contributed by atoms with Crippen LogP contribution in [0, 0.1) is 17.5 Å². The van der Waals surface area contributed by atoms with Gasteiger partial charge in [0.25, 0.3) is 5.91 Å². The predicted molar refractivity (Wildman–Crippen MR) is 99.9 cm³/mol. The van der Waals surface area contributed by atoms with Crippen molar-refractivity contribution < 1.29 is 27.5 Å². The van der Waals surface area contributed by atoms with Gasteiger partial charge in [-0.15, -0.1) is 0 Å². The standard InChI is InChI=1S/C20H20F3N3O3/c21-14-1-3-18(4-2-14)29-13-20(28)26-7-5-25(6-8-26)12-19(27)24-17-10-15(22)9-16(23)11-17/h1-4,9-11H,5-8,12-13H2,(H,24,27). The molecule has 0 bridgehead atoms. The molecule has 154 valence electrons. The van der Waals surface area contributed by atoms with Crippen molar-refractivity contribution in [1.29, 1.82) is 0 Å².